The topological polar surface area (TPSA) is 49.8 Å². The maximum atomic E-state index is 12.6. The van der Waals surface area contributed by atoms with Gasteiger partial charge in [0.15, 0.2) is 5.78 Å². The lowest BCUT2D eigenvalue weighted by atomic mass is 10.0. The summed E-state index contributed by atoms with van der Waals surface area (Å²) in [6.45, 7) is 2.57. The van der Waals surface area contributed by atoms with E-state index in [2.05, 4.69) is 4.90 Å². The van der Waals surface area contributed by atoms with Gasteiger partial charge in [-0.1, -0.05) is 36.2 Å². The van der Waals surface area contributed by atoms with Gasteiger partial charge in [-0.2, -0.15) is 0 Å². The minimum absolute atomic E-state index is 0.00526. The van der Waals surface area contributed by atoms with Crippen LogP contribution in [0.5, 0.6) is 11.5 Å². The van der Waals surface area contributed by atoms with Crippen LogP contribution in [0.1, 0.15) is 40.7 Å². The lowest BCUT2D eigenvalue weighted by Crippen LogP contribution is -2.29. The smallest absolute Gasteiger partial charge is 0.189 e. The Balaban J connectivity index is 1.82. The van der Waals surface area contributed by atoms with Gasteiger partial charge in [0.1, 0.15) is 11.5 Å². The van der Waals surface area contributed by atoms with E-state index < -0.39 is 0 Å². The first-order chi connectivity index (χ1) is 13.1. The van der Waals surface area contributed by atoms with Crippen LogP contribution in [0.4, 0.5) is 0 Å². The van der Waals surface area contributed by atoms with Crippen LogP contribution in [0.25, 0.3) is 6.08 Å². The van der Waals surface area contributed by atoms with E-state index >= 15 is 0 Å². The first-order valence-corrected chi connectivity index (χ1v) is 9.55. The number of rotatable bonds is 6. The normalized spacial score (nSPS) is 15.2. The van der Waals surface area contributed by atoms with E-state index in [1.54, 1.807) is 37.5 Å². The zero-order valence-corrected chi connectivity index (χ0v) is 16.2. The zero-order chi connectivity index (χ0) is 19.2. The Kier molecular flexibility index (Phi) is 6.54. The summed E-state index contributed by atoms with van der Waals surface area (Å²) in [4.78, 5) is 14.9. The Morgan fingerprint density at radius 3 is 2.52 bits per heavy atom. The van der Waals surface area contributed by atoms with Gasteiger partial charge in [0.2, 0.25) is 0 Å². The quantitative estimate of drug-likeness (QED) is 0.565. The molecule has 3 rings (SSSR count). The number of methoxy groups -OCH3 is 1. The van der Waals surface area contributed by atoms with Crippen molar-refractivity contribution in [3.05, 3.63) is 64.2 Å². The third-order valence-corrected chi connectivity index (χ3v) is 5.10. The molecule has 0 amide bonds. The van der Waals surface area contributed by atoms with Gasteiger partial charge in [-0.15, -0.1) is 0 Å². The molecular weight excluding hydrogens is 362 g/mol. The summed E-state index contributed by atoms with van der Waals surface area (Å²) in [6.07, 6.45) is 6.74. The Bertz CT molecular complexity index is 824. The lowest BCUT2D eigenvalue weighted by Gasteiger charge is -2.27. The summed E-state index contributed by atoms with van der Waals surface area (Å²) >= 11 is 5.88. The molecule has 5 heteroatoms. The Hall–Kier alpha value is -2.30. The van der Waals surface area contributed by atoms with E-state index in [4.69, 9.17) is 16.3 Å². The van der Waals surface area contributed by atoms with Gasteiger partial charge in [-0.25, -0.2) is 0 Å². The second kappa shape index (κ2) is 9.07. The second-order valence-corrected chi connectivity index (χ2v) is 7.16. The average molecular weight is 386 g/mol. The van der Waals surface area contributed by atoms with Crippen molar-refractivity contribution < 1.29 is 14.6 Å². The van der Waals surface area contributed by atoms with Crippen LogP contribution in [0.3, 0.4) is 0 Å². The molecule has 142 valence electrons. The maximum absolute atomic E-state index is 12.6. The third kappa shape index (κ3) is 4.90. The van der Waals surface area contributed by atoms with Crippen molar-refractivity contribution in [2.45, 2.75) is 25.8 Å². The highest BCUT2D eigenvalue weighted by Crippen LogP contribution is 2.33. The summed E-state index contributed by atoms with van der Waals surface area (Å²) in [5.41, 5.74) is 1.83. The standard InChI is InChI=1S/C22H24ClNO3/c1-27-21-12-10-18(20(25)11-7-16-5-8-17(23)9-6-16)22(26)19(21)15-24-13-3-2-4-14-24/h5-12,26H,2-4,13-15H2,1H3/b11-7+. The predicted octanol–water partition coefficient (Wildman–Crippen LogP) is 4.94. The average Bonchev–Trinajstić information content (AvgIpc) is 2.69. The van der Waals surface area contributed by atoms with Crippen molar-refractivity contribution in [2.75, 3.05) is 20.2 Å². The monoisotopic (exact) mass is 385 g/mol. The highest BCUT2D eigenvalue weighted by Gasteiger charge is 2.20. The number of nitrogens with zero attached hydrogens (tertiary/aromatic N) is 1. The lowest BCUT2D eigenvalue weighted by molar-refractivity contribution is 0.104. The largest absolute Gasteiger partial charge is 0.507 e. The Morgan fingerprint density at radius 1 is 1.15 bits per heavy atom. The predicted molar refractivity (Wildman–Crippen MR) is 109 cm³/mol. The first-order valence-electron chi connectivity index (χ1n) is 9.17. The fourth-order valence-electron chi connectivity index (χ4n) is 3.34. The van der Waals surface area contributed by atoms with Crippen LogP contribution < -0.4 is 4.74 Å². The molecule has 2 aromatic rings. The molecule has 0 radical (unpaired) electrons. The van der Waals surface area contributed by atoms with Crippen molar-refractivity contribution >= 4 is 23.5 Å². The van der Waals surface area contributed by atoms with Crippen LogP contribution in [0, 0.1) is 0 Å². The summed E-state index contributed by atoms with van der Waals surface area (Å²) in [5, 5.41) is 11.4. The summed E-state index contributed by atoms with van der Waals surface area (Å²) < 4.78 is 5.41. The number of phenolic OH excluding ortho intramolecular Hbond substituents is 1. The van der Waals surface area contributed by atoms with Gasteiger partial charge in [-0.05, 0) is 61.8 Å². The molecule has 0 aromatic heterocycles. The maximum Gasteiger partial charge on any atom is 0.189 e. The fourth-order valence-corrected chi connectivity index (χ4v) is 3.46. The number of allylic oxidation sites excluding steroid dienone is 1. The molecule has 1 heterocycles. The van der Waals surface area contributed by atoms with Crippen LogP contribution in [-0.4, -0.2) is 36.0 Å². The van der Waals surface area contributed by atoms with Crippen molar-refractivity contribution in [3.8, 4) is 11.5 Å². The number of halogens is 1. The minimum Gasteiger partial charge on any atom is -0.507 e. The SMILES string of the molecule is COc1ccc(C(=O)/C=C/c2ccc(Cl)cc2)c(O)c1CN1CCCCC1. The number of aromatic hydroxyl groups is 1. The molecule has 0 spiro atoms. The fraction of sp³-hybridized carbons (Fsp3) is 0.318. The summed E-state index contributed by atoms with van der Waals surface area (Å²) in [7, 11) is 1.58. The van der Waals surface area contributed by atoms with Gasteiger partial charge < -0.3 is 9.84 Å². The van der Waals surface area contributed by atoms with E-state index in [1.807, 2.05) is 12.1 Å². The second-order valence-electron chi connectivity index (χ2n) is 6.73. The number of piperidine rings is 1. The number of hydrogen-bond acceptors (Lipinski definition) is 4. The Morgan fingerprint density at radius 2 is 1.85 bits per heavy atom. The van der Waals surface area contributed by atoms with Crippen molar-refractivity contribution in [1.29, 1.82) is 0 Å². The van der Waals surface area contributed by atoms with Gasteiger partial charge >= 0.3 is 0 Å². The molecule has 27 heavy (non-hydrogen) atoms. The number of benzene rings is 2. The van der Waals surface area contributed by atoms with Crippen LogP contribution in [0.2, 0.25) is 5.02 Å². The Labute approximate surface area is 165 Å². The molecule has 4 nitrogen and oxygen atoms in total. The molecule has 0 saturated carbocycles. The van der Waals surface area contributed by atoms with Crippen LogP contribution >= 0.6 is 11.6 Å². The zero-order valence-electron chi connectivity index (χ0n) is 15.5. The number of ether oxygens (including phenoxy) is 1. The van der Waals surface area contributed by atoms with E-state index in [0.717, 1.165) is 31.5 Å². The van der Waals surface area contributed by atoms with Crippen molar-refractivity contribution in [1.82, 2.24) is 4.90 Å². The van der Waals surface area contributed by atoms with Gasteiger partial charge in [0, 0.05) is 11.6 Å². The number of carbonyl (C=O) groups is 1. The molecule has 0 atom stereocenters. The molecule has 2 aromatic carbocycles. The first kappa shape index (κ1) is 19.5. The number of phenols is 1. The molecule has 1 N–H and O–H groups in total. The van der Waals surface area contributed by atoms with Crippen LogP contribution in [-0.2, 0) is 6.54 Å². The van der Waals surface area contributed by atoms with E-state index in [-0.39, 0.29) is 17.1 Å². The molecule has 1 aliphatic rings. The molecule has 1 saturated heterocycles. The van der Waals surface area contributed by atoms with Crippen LogP contribution in [0.15, 0.2) is 42.5 Å². The molecule has 0 aliphatic carbocycles. The summed E-state index contributed by atoms with van der Waals surface area (Å²) in [5.74, 6) is 0.368. The van der Waals surface area contributed by atoms with Gasteiger partial charge in [0.25, 0.3) is 0 Å². The molecule has 1 fully saturated rings. The molecular formula is C22H24ClNO3. The number of hydrogen-bond donors (Lipinski definition) is 1. The minimum atomic E-state index is -0.245. The summed E-state index contributed by atoms with van der Waals surface area (Å²) in [6, 6.07) is 10.6. The molecule has 1 aliphatic heterocycles. The molecule has 0 bridgehead atoms. The number of ketones is 1. The van der Waals surface area contributed by atoms with E-state index in [0.29, 0.717) is 22.9 Å². The van der Waals surface area contributed by atoms with E-state index in [9.17, 15) is 9.90 Å². The van der Waals surface area contributed by atoms with E-state index in [1.165, 1.54) is 12.5 Å². The van der Waals surface area contributed by atoms with Crippen molar-refractivity contribution in [2.24, 2.45) is 0 Å². The van der Waals surface area contributed by atoms with Crippen molar-refractivity contribution in [3.63, 3.8) is 0 Å². The molecule has 0 unspecified atom stereocenters. The number of likely N-dealkylation sites (tertiary alicyclic amines) is 1. The van der Waals surface area contributed by atoms with Gasteiger partial charge in [0.05, 0.1) is 18.2 Å². The van der Waals surface area contributed by atoms with Gasteiger partial charge in [-0.3, -0.25) is 9.69 Å². The highest BCUT2D eigenvalue weighted by molar-refractivity contribution is 6.30. The number of carbonyl (C=O) groups excluding carboxylic acids is 1. The third-order valence-electron chi connectivity index (χ3n) is 4.85. The highest BCUT2D eigenvalue weighted by atomic mass is 35.5.